The molecule has 1 heterocycles. The first-order chi connectivity index (χ1) is 14.7. The van der Waals surface area contributed by atoms with E-state index in [-0.39, 0.29) is 29.7 Å². The number of rotatable bonds is 6. The second kappa shape index (κ2) is 9.82. The topological polar surface area (TPSA) is 61.9 Å². The largest absolute Gasteiger partial charge is 0.573 e. The fourth-order valence-corrected chi connectivity index (χ4v) is 3.43. The molecule has 9 heteroatoms. The minimum absolute atomic E-state index is 0.110. The number of halogens is 3. The van der Waals surface area contributed by atoms with Gasteiger partial charge in [0.05, 0.1) is 6.54 Å². The van der Waals surface area contributed by atoms with Crippen molar-refractivity contribution < 1.29 is 27.5 Å². The summed E-state index contributed by atoms with van der Waals surface area (Å²) in [5.41, 5.74) is 2.16. The fraction of sp³-hybridized carbons (Fsp3) is 0.364. The Morgan fingerprint density at radius 3 is 2.26 bits per heavy atom. The molecule has 31 heavy (non-hydrogen) atoms. The predicted molar refractivity (Wildman–Crippen MR) is 110 cm³/mol. The number of ether oxygens (including phenoxy) is 1. The Hall–Kier alpha value is -3.07. The Morgan fingerprint density at radius 1 is 1.00 bits per heavy atom. The van der Waals surface area contributed by atoms with Crippen molar-refractivity contribution in [2.45, 2.75) is 19.7 Å². The van der Waals surface area contributed by atoms with Crippen LogP contribution in [0, 0.1) is 0 Å². The number of amides is 2. The molecule has 1 fully saturated rings. The number of nitrogens with one attached hydrogen (secondary N) is 1. The number of carbonyl (C=O) groups is 2. The van der Waals surface area contributed by atoms with Gasteiger partial charge in [-0.1, -0.05) is 25.1 Å². The zero-order chi connectivity index (χ0) is 22.4. The summed E-state index contributed by atoms with van der Waals surface area (Å²) >= 11 is 0. The molecule has 166 valence electrons. The number of aryl methyl sites for hydroxylation is 1. The van der Waals surface area contributed by atoms with E-state index in [0.29, 0.717) is 26.2 Å². The van der Waals surface area contributed by atoms with E-state index in [9.17, 15) is 22.8 Å². The second-order valence-corrected chi connectivity index (χ2v) is 7.20. The highest BCUT2D eigenvalue weighted by Gasteiger charge is 2.31. The van der Waals surface area contributed by atoms with Crippen molar-refractivity contribution in [1.82, 2.24) is 9.80 Å². The van der Waals surface area contributed by atoms with Gasteiger partial charge >= 0.3 is 6.36 Å². The monoisotopic (exact) mass is 435 g/mol. The molecule has 0 saturated carbocycles. The molecular weight excluding hydrogens is 411 g/mol. The molecule has 0 unspecified atom stereocenters. The molecule has 1 N–H and O–H groups in total. The van der Waals surface area contributed by atoms with Crippen molar-refractivity contribution in [3.05, 3.63) is 59.7 Å². The van der Waals surface area contributed by atoms with E-state index in [0.717, 1.165) is 29.8 Å². The molecule has 6 nitrogen and oxygen atoms in total. The molecular formula is C22H24F3N3O3. The first-order valence-electron chi connectivity index (χ1n) is 10.0. The fourth-order valence-electron chi connectivity index (χ4n) is 3.43. The molecule has 0 radical (unpaired) electrons. The number of para-hydroxylation sites is 1. The van der Waals surface area contributed by atoms with Gasteiger partial charge in [-0.15, -0.1) is 13.2 Å². The summed E-state index contributed by atoms with van der Waals surface area (Å²) in [4.78, 5) is 28.6. The van der Waals surface area contributed by atoms with Crippen molar-refractivity contribution in [2.75, 3.05) is 38.0 Å². The van der Waals surface area contributed by atoms with Crippen LogP contribution >= 0.6 is 0 Å². The highest BCUT2D eigenvalue weighted by molar-refractivity contribution is 5.94. The van der Waals surface area contributed by atoms with Gasteiger partial charge in [-0.05, 0) is 42.3 Å². The molecule has 1 aliphatic rings. The van der Waals surface area contributed by atoms with Crippen molar-refractivity contribution in [1.29, 1.82) is 0 Å². The first-order valence-corrected chi connectivity index (χ1v) is 10.0. The quantitative estimate of drug-likeness (QED) is 0.754. The minimum Gasteiger partial charge on any atom is -0.406 e. The Morgan fingerprint density at radius 2 is 1.65 bits per heavy atom. The van der Waals surface area contributed by atoms with Gasteiger partial charge in [0.25, 0.3) is 5.91 Å². The number of anilines is 1. The van der Waals surface area contributed by atoms with Crippen LogP contribution < -0.4 is 10.1 Å². The molecule has 0 bridgehead atoms. The zero-order valence-corrected chi connectivity index (χ0v) is 17.1. The van der Waals surface area contributed by atoms with Gasteiger partial charge in [0.1, 0.15) is 5.75 Å². The van der Waals surface area contributed by atoms with E-state index >= 15 is 0 Å². The van der Waals surface area contributed by atoms with Gasteiger partial charge in [0.15, 0.2) is 0 Å². The van der Waals surface area contributed by atoms with Crippen LogP contribution in [0.4, 0.5) is 18.9 Å². The van der Waals surface area contributed by atoms with E-state index in [1.807, 2.05) is 36.1 Å². The van der Waals surface area contributed by atoms with Crippen LogP contribution in [-0.2, 0) is 11.2 Å². The Kier molecular flexibility index (Phi) is 7.17. The van der Waals surface area contributed by atoms with Crippen LogP contribution in [0.15, 0.2) is 48.5 Å². The molecule has 0 aliphatic carbocycles. The molecule has 2 aromatic carbocycles. The maximum atomic E-state index is 12.6. The summed E-state index contributed by atoms with van der Waals surface area (Å²) in [7, 11) is 0. The molecule has 3 rings (SSSR count). The molecule has 0 atom stereocenters. The van der Waals surface area contributed by atoms with Crippen molar-refractivity contribution >= 4 is 17.5 Å². The van der Waals surface area contributed by atoms with Gasteiger partial charge in [-0.25, -0.2) is 0 Å². The summed E-state index contributed by atoms with van der Waals surface area (Å²) in [6.45, 7) is 4.17. The summed E-state index contributed by atoms with van der Waals surface area (Å²) in [6, 6.07) is 12.5. The number of carbonyl (C=O) groups excluding carboxylic acids is 2. The van der Waals surface area contributed by atoms with E-state index in [1.54, 1.807) is 4.90 Å². The molecule has 2 amide bonds. The third-order valence-electron chi connectivity index (χ3n) is 5.03. The van der Waals surface area contributed by atoms with Gasteiger partial charge in [0, 0.05) is 37.4 Å². The summed E-state index contributed by atoms with van der Waals surface area (Å²) in [6.07, 6.45) is -3.95. The SMILES string of the molecule is CCc1ccccc1NC(=O)CN1CCN(C(=O)c2ccc(OC(F)(F)F)cc2)CC1. The van der Waals surface area contributed by atoms with E-state index < -0.39 is 6.36 Å². The van der Waals surface area contributed by atoms with Crippen LogP contribution in [0.25, 0.3) is 0 Å². The first kappa shape index (κ1) is 22.6. The van der Waals surface area contributed by atoms with Crippen LogP contribution in [0.1, 0.15) is 22.8 Å². The van der Waals surface area contributed by atoms with Crippen LogP contribution in [0.2, 0.25) is 0 Å². The van der Waals surface area contributed by atoms with Crippen LogP contribution in [-0.4, -0.2) is 60.7 Å². The molecule has 0 spiro atoms. The molecule has 0 aromatic heterocycles. The average Bonchev–Trinajstić information content (AvgIpc) is 2.73. The Balaban J connectivity index is 1.48. The normalized spacial score (nSPS) is 14.9. The lowest BCUT2D eigenvalue weighted by atomic mass is 10.1. The lowest BCUT2D eigenvalue weighted by Crippen LogP contribution is -2.50. The Labute approximate surface area is 178 Å². The summed E-state index contributed by atoms with van der Waals surface area (Å²) in [5.74, 6) is -0.745. The zero-order valence-electron chi connectivity index (χ0n) is 17.1. The molecule has 1 aliphatic heterocycles. The smallest absolute Gasteiger partial charge is 0.406 e. The highest BCUT2D eigenvalue weighted by Crippen LogP contribution is 2.23. The third-order valence-corrected chi connectivity index (χ3v) is 5.03. The van der Waals surface area contributed by atoms with Crippen LogP contribution in [0.3, 0.4) is 0 Å². The number of nitrogens with zero attached hydrogens (tertiary/aromatic N) is 2. The number of piperazine rings is 1. The third kappa shape index (κ3) is 6.45. The predicted octanol–water partition coefficient (Wildman–Crippen LogP) is 3.54. The number of hydrogen-bond acceptors (Lipinski definition) is 4. The summed E-state index contributed by atoms with van der Waals surface area (Å²) < 4.78 is 40.6. The van der Waals surface area contributed by atoms with Crippen molar-refractivity contribution in [3.63, 3.8) is 0 Å². The lowest BCUT2D eigenvalue weighted by molar-refractivity contribution is -0.274. The second-order valence-electron chi connectivity index (χ2n) is 7.20. The van der Waals surface area contributed by atoms with Gasteiger partial charge in [0.2, 0.25) is 5.91 Å². The van der Waals surface area contributed by atoms with Gasteiger partial charge in [-0.2, -0.15) is 0 Å². The summed E-state index contributed by atoms with van der Waals surface area (Å²) in [5, 5.41) is 2.94. The number of alkyl halides is 3. The Bertz CT molecular complexity index is 908. The average molecular weight is 435 g/mol. The van der Waals surface area contributed by atoms with Crippen molar-refractivity contribution in [2.24, 2.45) is 0 Å². The van der Waals surface area contributed by atoms with Crippen molar-refractivity contribution in [3.8, 4) is 5.75 Å². The van der Waals surface area contributed by atoms with Gasteiger partial charge < -0.3 is 15.0 Å². The standard InChI is InChI=1S/C22H24F3N3O3/c1-2-16-5-3-4-6-19(16)26-20(29)15-27-11-13-28(14-12-27)21(30)17-7-9-18(10-8-17)31-22(23,24)25/h3-10H,2,11-15H2,1H3,(H,26,29). The molecule has 2 aromatic rings. The van der Waals surface area contributed by atoms with E-state index in [1.165, 1.54) is 12.1 Å². The number of benzene rings is 2. The van der Waals surface area contributed by atoms with Crippen LogP contribution in [0.5, 0.6) is 5.75 Å². The maximum Gasteiger partial charge on any atom is 0.573 e. The number of hydrogen-bond donors (Lipinski definition) is 1. The molecule has 1 saturated heterocycles. The minimum atomic E-state index is -4.77. The van der Waals surface area contributed by atoms with E-state index in [2.05, 4.69) is 10.1 Å². The van der Waals surface area contributed by atoms with E-state index in [4.69, 9.17) is 0 Å². The lowest BCUT2D eigenvalue weighted by Gasteiger charge is -2.34. The highest BCUT2D eigenvalue weighted by atomic mass is 19.4. The van der Waals surface area contributed by atoms with Gasteiger partial charge in [-0.3, -0.25) is 14.5 Å². The maximum absolute atomic E-state index is 12.6.